The van der Waals surface area contributed by atoms with Gasteiger partial charge in [-0.05, 0) is 6.42 Å². The van der Waals surface area contributed by atoms with Gasteiger partial charge in [-0.3, -0.25) is 9.59 Å². The summed E-state index contributed by atoms with van der Waals surface area (Å²) in [6.07, 6.45) is -0.198. The Morgan fingerprint density at radius 1 is 1.15 bits per heavy atom. The van der Waals surface area contributed by atoms with Crippen molar-refractivity contribution in [1.82, 2.24) is 5.32 Å². The van der Waals surface area contributed by atoms with Crippen molar-refractivity contribution >= 4 is 11.9 Å². The van der Waals surface area contributed by atoms with Crippen LogP contribution in [0.5, 0.6) is 5.75 Å². The zero-order valence-electron chi connectivity index (χ0n) is 10.4. The predicted molar refractivity (Wildman–Crippen MR) is 59.8 cm³/mol. The molecule has 1 amide bonds. The summed E-state index contributed by atoms with van der Waals surface area (Å²) >= 11 is 0. The molecule has 0 spiro atoms. The second-order valence-electron chi connectivity index (χ2n) is 3.80. The third-order valence-corrected chi connectivity index (χ3v) is 2.16. The van der Waals surface area contributed by atoms with Crippen LogP contribution in [0.2, 0.25) is 0 Å². The lowest BCUT2D eigenvalue weighted by Gasteiger charge is -2.08. The van der Waals surface area contributed by atoms with Crippen molar-refractivity contribution in [2.75, 3.05) is 6.54 Å². The molecule has 0 atom stereocenters. The molecule has 0 unspecified atom stereocenters. The number of carbonyl (C=O) groups excluding carboxylic acids is 2. The molecule has 0 aliphatic heterocycles. The first-order valence-electron chi connectivity index (χ1n) is 5.67. The lowest BCUT2D eigenvalue weighted by Crippen LogP contribution is -2.28. The monoisotopic (exact) mass is 293 g/mol. The number of amides is 1. The highest BCUT2D eigenvalue weighted by atomic mass is 19.2. The molecule has 0 aliphatic carbocycles. The summed E-state index contributed by atoms with van der Waals surface area (Å²) in [5.41, 5.74) is 0. The lowest BCUT2D eigenvalue weighted by molar-refractivity contribution is -0.138. The van der Waals surface area contributed by atoms with Crippen LogP contribution >= 0.6 is 0 Å². The molecule has 0 saturated carbocycles. The Morgan fingerprint density at radius 2 is 1.70 bits per heavy atom. The third-order valence-electron chi connectivity index (χ3n) is 2.16. The van der Waals surface area contributed by atoms with Gasteiger partial charge >= 0.3 is 5.97 Å². The Labute approximate surface area is 111 Å². The lowest BCUT2D eigenvalue weighted by atomic mass is 10.3. The highest BCUT2D eigenvalue weighted by Gasteiger charge is 2.23. The normalized spacial score (nSPS) is 10.2. The molecule has 0 radical (unpaired) electrons. The third kappa shape index (κ3) is 3.94. The molecule has 1 N–H and O–H groups in total. The number of ether oxygens (including phenoxy) is 1. The largest absolute Gasteiger partial charge is 0.420 e. The Kier molecular flexibility index (Phi) is 5.48. The van der Waals surface area contributed by atoms with Crippen molar-refractivity contribution in [2.45, 2.75) is 19.8 Å². The summed E-state index contributed by atoms with van der Waals surface area (Å²) in [6, 6.07) is -0.0179. The van der Waals surface area contributed by atoms with E-state index in [1.54, 1.807) is 6.92 Å². The van der Waals surface area contributed by atoms with E-state index in [0.29, 0.717) is 13.0 Å². The maximum absolute atomic E-state index is 13.2. The van der Waals surface area contributed by atoms with E-state index in [0.717, 1.165) is 0 Å². The second kappa shape index (κ2) is 6.88. The minimum Gasteiger partial charge on any atom is -0.420 e. The van der Waals surface area contributed by atoms with E-state index in [1.165, 1.54) is 0 Å². The van der Waals surface area contributed by atoms with Crippen LogP contribution in [0.15, 0.2) is 6.07 Å². The molecular formula is C12H11F4NO3. The van der Waals surface area contributed by atoms with Gasteiger partial charge in [0, 0.05) is 12.6 Å². The number of nitrogens with one attached hydrogen (secondary N) is 1. The highest BCUT2D eigenvalue weighted by Crippen LogP contribution is 2.26. The first-order chi connectivity index (χ1) is 9.36. The first-order valence-corrected chi connectivity index (χ1v) is 5.67. The molecule has 0 heterocycles. The summed E-state index contributed by atoms with van der Waals surface area (Å²) in [6.45, 7) is 2.09. The van der Waals surface area contributed by atoms with Crippen LogP contribution in [0.1, 0.15) is 19.8 Å². The van der Waals surface area contributed by atoms with Crippen molar-refractivity contribution in [2.24, 2.45) is 0 Å². The molecular weight excluding hydrogens is 282 g/mol. The van der Waals surface area contributed by atoms with Gasteiger partial charge in [0.15, 0.2) is 11.6 Å². The van der Waals surface area contributed by atoms with E-state index < -0.39 is 47.3 Å². The average Bonchev–Trinajstić information content (AvgIpc) is 2.39. The van der Waals surface area contributed by atoms with Gasteiger partial charge in [0.05, 0.1) is 0 Å². The van der Waals surface area contributed by atoms with E-state index in [9.17, 15) is 27.2 Å². The standard InChI is InChI=1S/C12H11F4NO3/c1-2-3-17-8(18)5-9(19)20-12-10(15)6(13)4-7(14)11(12)16/h4H,2-3,5H2,1H3,(H,17,18). The quantitative estimate of drug-likeness (QED) is 0.297. The van der Waals surface area contributed by atoms with Crippen LogP contribution < -0.4 is 10.1 Å². The van der Waals surface area contributed by atoms with Gasteiger partial charge in [0.25, 0.3) is 0 Å². The predicted octanol–water partition coefficient (Wildman–Crippen LogP) is 2.06. The number of esters is 1. The second-order valence-corrected chi connectivity index (χ2v) is 3.80. The molecule has 1 aromatic carbocycles. The number of hydrogen-bond acceptors (Lipinski definition) is 3. The minimum atomic E-state index is -1.84. The number of carbonyl (C=O) groups is 2. The van der Waals surface area contributed by atoms with Gasteiger partial charge in [-0.2, -0.15) is 8.78 Å². The fourth-order valence-corrected chi connectivity index (χ4v) is 1.25. The Balaban J connectivity index is 2.79. The topological polar surface area (TPSA) is 55.4 Å². The summed E-state index contributed by atoms with van der Waals surface area (Å²) in [5.74, 6) is -10.7. The maximum Gasteiger partial charge on any atom is 0.320 e. The first kappa shape index (κ1) is 15.9. The molecule has 0 aliphatic rings. The minimum absolute atomic E-state index is 0.0179. The Bertz CT molecular complexity index is 508. The molecule has 0 fully saturated rings. The van der Waals surface area contributed by atoms with Crippen molar-refractivity contribution < 1.29 is 31.9 Å². The Morgan fingerprint density at radius 3 is 2.20 bits per heavy atom. The van der Waals surface area contributed by atoms with Crippen LogP contribution in [-0.4, -0.2) is 18.4 Å². The number of halogens is 4. The highest BCUT2D eigenvalue weighted by molar-refractivity contribution is 5.95. The number of hydrogen-bond donors (Lipinski definition) is 1. The SMILES string of the molecule is CCCNC(=O)CC(=O)Oc1c(F)c(F)cc(F)c1F. The summed E-state index contributed by atoms with van der Waals surface area (Å²) < 4.78 is 56.2. The molecule has 8 heteroatoms. The Hall–Kier alpha value is -2.12. The summed E-state index contributed by atoms with van der Waals surface area (Å²) in [4.78, 5) is 22.4. The summed E-state index contributed by atoms with van der Waals surface area (Å²) in [7, 11) is 0. The maximum atomic E-state index is 13.2. The number of benzene rings is 1. The van der Waals surface area contributed by atoms with Gasteiger partial charge in [-0.25, -0.2) is 8.78 Å². The van der Waals surface area contributed by atoms with Gasteiger partial charge < -0.3 is 10.1 Å². The average molecular weight is 293 g/mol. The van der Waals surface area contributed by atoms with Gasteiger partial charge in [-0.15, -0.1) is 0 Å². The van der Waals surface area contributed by atoms with Crippen LogP contribution in [0, 0.1) is 23.3 Å². The van der Waals surface area contributed by atoms with Crippen LogP contribution in [0.4, 0.5) is 17.6 Å². The smallest absolute Gasteiger partial charge is 0.320 e. The zero-order valence-corrected chi connectivity index (χ0v) is 10.4. The van der Waals surface area contributed by atoms with Crippen molar-refractivity contribution in [3.8, 4) is 5.75 Å². The van der Waals surface area contributed by atoms with Crippen LogP contribution in [0.25, 0.3) is 0 Å². The van der Waals surface area contributed by atoms with Crippen LogP contribution in [-0.2, 0) is 9.59 Å². The van der Waals surface area contributed by atoms with Crippen molar-refractivity contribution in [3.63, 3.8) is 0 Å². The van der Waals surface area contributed by atoms with Crippen molar-refractivity contribution in [3.05, 3.63) is 29.3 Å². The van der Waals surface area contributed by atoms with Crippen LogP contribution in [0.3, 0.4) is 0 Å². The molecule has 1 aromatic rings. The van der Waals surface area contributed by atoms with Gasteiger partial charge in [-0.1, -0.05) is 6.92 Å². The molecule has 110 valence electrons. The van der Waals surface area contributed by atoms with E-state index in [-0.39, 0.29) is 6.07 Å². The van der Waals surface area contributed by atoms with E-state index >= 15 is 0 Å². The van der Waals surface area contributed by atoms with Gasteiger partial charge in [0.2, 0.25) is 23.3 Å². The molecule has 0 saturated heterocycles. The molecule has 0 bridgehead atoms. The molecule has 4 nitrogen and oxygen atoms in total. The molecule has 1 rings (SSSR count). The van der Waals surface area contributed by atoms with Gasteiger partial charge in [0.1, 0.15) is 6.42 Å². The fourth-order valence-electron chi connectivity index (χ4n) is 1.25. The number of rotatable bonds is 5. The van der Waals surface area contributed by atoms with E-state index in [2.05, 4.69) is 10.1 Å². The zero-order chi connectivity index (χ0) is 15.3. The fraction of sp³-hybridized carbons (Fsp3) is 0.333. The molecule has 0 aromatic heterocycles. The van der Waals surface area contributed by atoms with E-state index in [4.69, 9.17) is 0 Å². The van der Waals surface area contributed by atoms with E-state index in [1.807, 2.05) is 0 Å². The summed E-state index contributed by atoms with van der Waals surface area (Å²) in [5, 5.41) is 2.33. The van der Waals surface area contributed by atoms with Crippen molar-refractivity contribution in [1.29, 1.82) is 0 Å². The molecule has 20 heavy (non-hydrogen) atoms.